The number of furan rings is 1. The smallest absolute Gasteiger partial charge is 0.134 e. The lowest BCUT2D eigenvalue weighted by Gasteiger charge is -2.13. The summed E-state index contributed by atoms with van der Waals surface area (Å²) in [5, 5.41) is 1.11. The van der Waals surface area contributed by atoms with Crippen molar-refractivity contribution < 1.29 is 4.42 Å². The Labute approximate surface area is 126 Å². The molecule has 20 heavy (non-hydrogen) atoms. The van der Waals surface area contributed by atoms with Gasteiger partial charge in [-0.1, -0.05) is 53.2 Å². The molecule has 0 bridgehead atoms. The zero-order valence-electron chi connectivity index (χ0n) is 11.3. The Hall–Kier alpha value is -1.58. The summed E-state index contributed by atoms with van der Waals surface area (Å²) in [7, 11) is 0. The molecule has 0 fully saturated rings. The van der Waals surface area contributed by atoms with Crippen LogP contribution in [0, 0.1) is 0 Å². The molecule has 0 saturated carbocycles. The summed E-state index contributed by atoms with van der Waals surface area (Å²) >= 11 is 3.50. The fourth-order valence-corrected chi connectivity index (χ4v) is 3.00. The van der Waals surface area contributed by atoms with Gasteiger partial charge in [0.2, 0.25) is 0 Å². The molecular formula is C17H16BrNO. The lowest BCUT2D eigenvalue weighted by Crippen LogP contribution is -2.13. The zero-order valence-corrected chi connectivity index (χ0v) is 12.9. The molecule has 0 saturated heterocycles. The maximum atomic E-state index is 6.49. The molecule has 1 heterocycles. The van der Waals surface area contributed by atoms with E-state index < -0.39 is 0 Å². The molecule has 0 radical (unpaired) electrons. The van der Waals surface area contributed by atoms with E-state index in [1.165, 1.54) is 0 Å². The van der Waals surface area contributed by atoms with Crippen molar-refractivity contribution >= 4 is 26.9 Å². The molecule has 2 N–H and O–H groups in total. The number of para-hydroxylation sites is 1. The molecule has 1 unspecified atom stereocenters. The minimum Gasteiger partial charge on any atom is -0.461 e. The van der Waals surface area contributed by atoms with Crippen LogP contribution >= 0.6 is 15.9 Å². The van der Waals surface area contributed by atoms with Crippen molar-refractivity contribution in [1.82, 2.24) is 0 Å². The van der Waals surface area contributed by atoms with Gasteiger partial charge in [0.05, 0.1) is 6.04 Å². The second-order valence-electron chi connectivity index (χ2n) is 4.82. The second-order valence-corrected chi connectivity index (χ2v) is 5.74. The van der Waals surface area contributed by atoms with E-state index in [9.17, 15) is 0 Å². The molecule has 0 amide bonds. The largest absolute Gasteiger partial charge is 0.461 e. The summed E-state index contributed by atoms with van der Waals surface area (Å²) < 4.78 is 6.97. The SMILES string of the molecule is CCc1oc2ccccc2c1C(N)c1cccc(Br)c1. The number of hydrogen-bond donors (Lipinski definition) is 1. The Kier molecular flexibility index (Phi) is 3.64. The van der Waals surface area contributed by atoms with E-state index in [-0.39, 0.29) is 6.04 Å². The van der Waals surface area contributed by atoms with Gasteiger partial charge < -0.3 is 10.2 Å². The molecule has 2 nitrogen and oxygen atoms in total. The molecule has 0 aliphatic heterocycles. The van der Waals surface area contributed by atoms with Gasteiger partial charge in [-0.15, -0.1) is 0 Å². The van der Waals surface area contributed by atoms with Crippen LogP contribution in [0.15, 0.2) is 57.4 Å². The predicted molar refractivity (Wildman–Crippen MR) is 85.8 cm³/mol. The average molecular weight is 330 g/mol. The van der Waals surface area contributed by atoms with E-state index in [4.69, 9.17) is 10.2 Å². The van der Waals surface area contributed by atoms with Crippen molar-refractivity contribution in [1.29, 1.82) is 0 Å². The molecule has 1 aromatic heterocycles. The minimum atomic E-state index is -0.175. The third-order valence-corrected chi connectivity index (χ3v) is 4.04. The lowest BCUT2D eigenvalue weighted by molar-refractivity contribution is 0.546. The monoisotopic (exact) mass is 329 g/mol. The van der Waals surface area contributed by atoms with Crippen molar-refractivity contribution in [3.8, 4) is 0 Å². The van der Waals surface area contributed by atoms with E-state index >= 15 is 0 Å². The fraction of sp³-hybridized carbons (Fsp3) is 0.176. The highest BCUT2D eigenvalue weighted by Crippen LogP contribution is 2.33. The molecule has 0 aliphatic rings. The Morgan fingerprint density at radius 3 is 2.70 bits per heavy atom. The van der Waals surface area contributed by atoms with Crippen LogP contribution in [-0.2, 0) is 6.42 Å². The van der Waals surface area contributed by atoms with Gasteiger partial charge in [0, 0.05) is 21.8 Å². The van der Waals surface area contributed by atoms with E-state index in [0.29, 0.717) is 0 Å². The summed E-state index contributed by atoms with van der Waals surface area (Å²) in [6, 6.07) is 16.0. The molecule has 1 atom stereocenters. The van der Waals surface area contributed by atoms with Gasteiger partial charge in [-0.3, -0.25) is 0 Å². The maximum Gasteiger partial charge on any atom is 0.134 e. The Morgan fingerprint density at radius 2 is 1.95 bits per heavy atom. The summed E-state index contributed by atoms with van der Waals surface area (Å²) in [6.45, 7) is 2.09. The van der Waals surface area contributed by atoms with Crippen LogP contribution in [0.1, 0.15) is 29.9 Å². The van der Waals surface area contributed by atoms with Crippen LogP contribution in [-0.4, -0.2) is 0 Å². The summed E-state index contributed by atoms with van der Waals surface area (Å²) in [5.74, 6) is 0.971. The van der Waals surface area contributed by atoms with Crippen molar-refractivity contribution in [2.45, 2.75) is 19.4 Å². The number of aryl methyl sites for hydroxylation is 1. The highest BCUT2D eigenvalue weighted by Gasteiger charge is 2.20. The van der Waals surface area contributed by atoms with Gasteiger partial charge in [-0.05, 0) is 23.8 Å². The van der Waals surface area contributed by atoms with Crippen LogP contribution in [0.5, 0.6) is 0 Å². The van der Waals surface area contributed by atoms with Crippen molar-refractivity contribution in [3.63, 3.8) is 0 Å². The normalized spacial score (nSPS) is 12.8. The number of rotatable bonds is 3. The number of nitrogens with two attached hydrogens (primary N) is 1. The minimum absolute atomic E-state index is 0.175. The predicted octanol–water partition coefficient (Wildman–Crippen LogP) is 4.81. The first-order valence-corrected chi connectivity index (χ1v) is 7.51. The second kappa shape index (κ2) is 5.43. The van der Waals surface area contributed by atoms with Gasteiger partial charge in [-0.25, -0.2) is 0 Å². The number of halogens is 1. The van der Waals surface area contributed by atoms with E-state index in [1.54, 1.807) is 0 Å². The molecule has 0 aliphatic carbocycles. The van der Waals surface area contributed by atoms with Crippen LogP contribution in [0.25, 0.3) is 11.0 Å². The molecule has 3 heteroatoms. The summed E-state index contributed by atoms with van der Waals surface area (Å²) in [4.78, 5) is 0. The molecular weight excluding hydrogens is 314 g/mol. The van der Waals surface area contributed by atoms with E-state index in [1.807, 2.05) is 30.3 Å². The lowest BCUT2D eigenvalue weighted by atomic mass is 9.96. The first kappa shape index (κ1) is 13.4. The molecule has 0 spiro atoms. The topological polar surface area (TPSA) is 39.2 Å². The van der Waals surface area contributed by atoms with Crippen molar-refractivity contribution in [2.24, 2.45) is 5.73 Å². The maximum absolute atomic E-state index is 6.49. The van der Waals surface area contributed by atoms with Crippen LogP contribution in [0.4, 0.5) is 0 Å². The molecule has 2 aromatic carbocycles. The quantitative estimate of drug-likeness (QED) is 0.749. The number of benzene rings is 2. The highest BCUT2D eigenvalue weighted by atomic mass is 79.9. The third-order valence-electron chi connectivity index (χ3n) is 3.55. The molecule has 3 aromatic rings. The number of hydrogen-bond acceptors (Lipinski definition) is 2. The Bertz CT molecular complexity index is 748. The molecule has 102 valence electrons. The average Bonchev–Trinajstić information content (AvgIpc) is 2.85. The van der Waals surface area contributed by atoms with E-state index in [0.717, 1.165) is 38.7 Å². The van der Waals surface area contributed by atoms with E-state index in [2.05, 4.69) is 41.1 Å². The molecule has 3 rings (SSSR count). The van der Waals surface area contributed by atoms with Gasteiger partial charge in [0.15, 0.2) is 0 Å². The van der Waals surface area contributed by atoms with Crippen molar-refractivity contribution in [3.05, 3.63) is 69.9 Å². The first-order chi connectivity index (χ1) is 9.70. The van der Waals surface area contributed by atoms with Crippen molar-refractivity contribution in [2.75, 3.05) is 0 Å². The number of fused-ring (bicyclic) bond motifs is 1. The third kappa shape index (κ3) is 2.28. The van der Waals surface area contributed by atoms with Gasteiger partial charge in [0.1, 0.15) is 11.3 Å². The fourth-order valence-electron chi connectivity index (χ4n) is 2.59. The van der Waals surface area contributed by atoms with Crippen LogP contribution in [0.2, 0.25) is 0 Å². The van der Waals surface area contributed by atoms with Crippen LogP contribution in [0.3, 0.4) is 0 Å². The highest BCUT2D eigenvalue weighted by molar-refractivity contribution is 9.10. The van der Waals surface area contributed by atoms with Crippen LogP contribution < -0.4 is 5.73 Å². The standard InChI is InChI=1S/C17H16BrNO/c1-2-14-16(13-8-3-4-9-15(13)20-14)17(19)11-6-5-7-12(18)10-11/h3-10,17H,2,19H2,1H3. The Morgan fingerprint density at radius 1 is 1.15 bits per heavy atom. The Balaban J connectivity index is 2.17. The summed E-state index contributed by atoms with van der Waals surface area (Å²) in [5.41, 5.74) is 9.58. The van der Waals surface area contributed by atoms with Gasteiger partial charge in [-0.2, -0.15) is 0 Å². The van der Waals surface area contributed by atoms with Gasteiger partial charge in [0.25, 0.3) is 0 Å². The zero-order chi connectivity index (χ0) is 14.1. The first-order valence-electron chi connectivity index (χ1n) is 6.72. The van der Waals surface area contributed by atoms with Gasteiger partial charge >= 0.3 is 0 Å². The summed E-state index contributed by atoms with van der Waals surface area (Å²) in [6.07, 6.45) is 0.839.